The van der Waals surface area contributed by atoms with E-state index >= 15 is 0 Å². The fourth-order valence-electron chi connectivity index (χ4n) is 2.00. The molecule has 1 aromatic carbocycles. The summed E-state index contributed by atoms with van der Waals surface area (Å²) in [6.45, 7) is 5.82. The lowest BCUT2D eigenvalue weighted by Gasteiger charge is -2.27. The second-order valence-corrected chi connectivity index (χ2v) is 5.25. The van der Waals surface area contributed by atoms with Crippen molar-refractivity contribution in [2.45, 2.75) is 6.92 Å². The van der Waals surface area contributed by atoms with Crippen molar-refractivity contribution in [3.05, 3.63) is 70.5 Å². The zero-order valence-electron chi connectivity index (χ0n) is 11.0. The third-order valence-electron chi connectivity index (χ3n) is 3.19. The molecule has 0 aromatic heterocycles. The Morgan fingerprint density at radius 1 is 1.32 bits per heavy atom. The van der Waals surface area contributed by atoms with Gasteiger partial charge in [0.25, 0.3) is 0 Å². The Kier molecular flexibility index (Phi) is 3.96. The monoisotopic (exact) mass is 317 g/mol. The van der Waals surface area contributed by atoms with Crippen LogP contribution >= 0.6 is 15.9 Å². The van der Waals surface area contributed by atoms with Gasteiger partial charge in [-0.2, -0.15) is 0 Å². The lowest BCUT2D eigenvalue weighted by atomic mass is 9.99. The molecule has 2 nitrogen and oxygen atoms in total. The molecule has 3 heteroatoms. The van der Waals surface area contributed by atoms with Gasteiger partial charge in [-0.05, 0) is 46.6 Å². The van der Waals surface area contributed by atoms with E-state index in [1.54, 1.807) is 12.1 Å². The van der Waals surface area contributed by atoms with E-state index in [0.29, 0.717) is 0 Å². The molecule has 0 aliphatic carbocycles. The van der Waals surface area contributed by atoms with Crippen molar-refractivity contribution >= 4 is 21.5 Å². The number of benzene rings is 1. The lowest BCUT2D eigenvalue weighted by Crippen LogP contribution is -2.18. The average Bonchev–Trinajstić information content (AvgIpc) is 2.41. The van der Waals surface area contributed by atoms with Crippen LogP contribution in [-0.4, -0.2) is 17.1 Å². The van der Waals surface area contributed by atoms with Crippen LogP contribution in [0.15, 0.2) is 64.9 Å². The standard InChI is InChI=1S/C16H16BrNO/c1-4-14(17)15-10-12(9-11(2)18(15)3)13-7-5-6-8-16(13)19/h4-10,19H,1H2,2-3H3/b15-14+. The highest BCUT2D eigenvalue weighted by Gasteiger charge is 2.16. The van der Waals surface area contributed by atoms with Gasteiger partial charge in [-0.3, -0.25) is 0 Å². The van der Waals surface area contributed by atoms with Gasteiger partial charge in [-0.15, -0.1) is 0 Å². The molecule has 2 rings (SSSR count). The van der Waals surface area contributed by atoms with E-state index in [-0.39, 0.29) is 5.75 Å². The fourth-order valence-corrected chi connectivity index (χ4v) is 2.39. The Morgan fingerprint density at radius 3 is 2.63 bits per heavy atom. The summed E-state index contributed by atoms with van der Waals surface area (Å²) in [5, 5.41) is 9.97. The van der Waals surface area contributed by atoms with E-state index in [1.807, 2.05) is 38.2 Å². The first-order chi connectivity index (χ1) is 9.04. The van der Waals surface area contributed by atoms with Crippen molar-refractivity contribution in [1.82, 2.24) is 4.90 Å². The summed E-state index contributed by atoms with van der Waals surface area (Å²) in [5.41, 5.74) is 3.95. The Morgan fingerprint density at radius 2 is 2.00 bits per heavy atom. The number of rotatable bonds is 2. The minimum Gasteiger partial charge on any atom is -0.507 e. The van der Waals surface area contributed by atoms with Crippen LogP contribution < -0.4 is 0 Å². The molecule has 0 radical (unpaired) electrons. The third kappa shape index (κ3) is 2.66. The van der Waals surface area contributed by atoms with Gasteiger partial charge >= 0.3 is 0 Å². The summed E-state index contributed by atoms with van der Waals surface area (Å²) in [7, 11) is 2.00. The van der Waals surface area contributed by atoms with E-state index in [2.05, 4.69) is 33.5 Å². The number of allylic oxidation sites excluding steroid dienone is 6. The molecule has 0 spiro atoms. The Bertz CT molecular complexity index is 611. The predicted molar refractivity (Wildman–Crippen MR) is 83.8 cm³/mol. The van der Waals surface area contributed by atoms with Gasteiger partial charge in [-0.25, -0.2) is 0 Å². The molecule has 0 bridgehead atoms. The first-order valence-corrected chi connectivity index (χ1v) is 6.78. The molecule has 98 valence electrons. The largest absolute Gasteiger partial charge is 0.507 e. The molecule has 1 aliphatic rings. The van der Waals surface area contributed by atoms with Crippen molar-refractivity contribution < 1.29 is 5.11 Å². The van der Waals surface area contributed by atoms with E-state index < -0.39 is 0 Å². The maximum atomic E-state index is 9.97. The maximum absolute atomic E-state index is 9.97. The Balaban J connectivity index is 2.59. The van der Waals surface area contributed by atoms with Crippen LogP contribution in [0.3, 0.4) is 0 Å². The zero-order valence-corrected chi connectivity index (χ0v) is 12.6. The molecule has 1 heterocycles. The molecule has 0 fully saturated rings. The summed E-state index contributed by atoms with van der Waals surface area (Å²) in [4.78, 5) is 2.08. The number of nitrogens with zero attached hydrogens (tertiary/aromatic N) is 1. The molecule has 0 saturated carbocycles. The summed E-state index contributed by atoms with van der Waals surface area (Å²) in [6, 6.07) is 7.35. The van der Waals surface area contributed by atoms with Crippen molar-refractivity contribution in [3.8, 4) is 5.75 Å². The van der Waals surface area contributed by atoms with E-state index in [4.69, 9.17) is 0 Å². The van der Waals surface area contributed by atoms with Crippen LogP contribution in [0, 0.1) is 0 Å². The van der Waals surface area contributed by atoms with Gasteiger partial charge in [0, 0.05) is 22.8 Å². The van der Waals surface area contributed by atoms with E-state index in [9.17, 15) is 5.11 Å². The Labute approximate surface area is 122 Å². The zero-order chi connectivity index (χ0) is 14.0. The number of phenols is 1. The highest BCUT2D eigenvalue weighted by atomic mass is 79.9. The second kappa shape index (κ2) is 5.49. The molecular formula is C16H16BrNO. The number of hydrogen-bond acceptors (Lipinski definition) is 2. The molecule has 0 amide bonds. The van der Waals surface area contributed by atoms with Crippen LogP contribution in [-0.2, 0) is 0 Å². The van der Waals surface area contributed by atoms with Crippen LogP contribution in [0.1, 0.15) is 12.5 Å². The molecule has 1 aliphatic heterocycles. The predicted octanol–water partition coefficient (Wildman–Crippen LogP) is 4.42. The van der Waals surface area contributed by atoms with Gasteiger partial charge in [0.05, 0.1) is 5.70 Å². The van der Waals surface area contributed by atoms with Crippen LogP contribution in [0.5, 0.6) is 5.75 Å². The lowest BCUT2D eigenvalue weighted by molar-refractivity contribution is 0.473. The van der Waals surface area contributed by atoms with Gasteiger partial charge in [0.1, 0.15) is 5.75 Å². The quantitative estimate of drug-likeness (QED) is 0.873. The average molecular weight is 318 g/mol. The summed E-state index contributed by atoms with van der Waals surface area (Å²) in [6.07, 6.45) is 5.86. The second-order valence-electron chi connectivity index (χ2n) is 4.40. The number of hydrogen-bond donors (Lipinski definition) is 1. The minimum absolute atomic E-state index is 0.288. The number of halogens is 1. The number of aromatic hydroxyl groups is 1. The maximum Gasteiger partial charge on any atom is 0.123 e. The van der Waals surface area contributed by atoms with Crippen molar-refractivity contribution in [2.75, 3.05) is 7.05 Å². The van der Waals surface area contributed by atoms with Crippen LogP contribution in [0.25, 0.3) is 5.57 Å². The molecule has 0 atom stereocenters. The first kappa shape index (κ1) is 13.7. The normalized spacial score (nSPS) is 17.7. The highest BCUT2D eigenvalue weighted by Crippen LogP contribution is 2.34. The highest BCUT2D eigenvalue weighted by molar-refractivity contribution is 9.11. The molecule has 19 heavy (non-hydrogen) atoms. The van der Waals surface area contributed by atoms with E-state index in [0.717, 1.165) is 27.0 Å². The molecule has 1 N–H and O–H groups in total. The van der Waals surface area contributed by atoms with Gasteiger partial charge in [0.15, 0.2) is 0 Å². The molecule has 0 saturated heterocycles. The number of likely N-dealkylation sites (N-methyl/N-ethyl adjacent to an activating group) is 1. The van der Waals surface area contributed by atoms with Crippen LogP contribution in [0.4, 0.5) is 0 Å². The van der Waals surface area contributed by atoms with Crippen molar-refractivity contribution in [2.24, 2.45) is 0 Å². The van der Waals surface area contributed by atoms with Crippen molar-refractivity contribution in [1.29, 1.82) is 0 Å². The molecule has 0 unspecified atom stereocenters. The van der Waals surface area contributed by atoms with Crippen molar-refractivity contribution in [3.63, 3.8) is 0 Å². The topological polar surface area (TPSA) is 23.5 Å². The van der Waals surface area contributed by atoms with E-state index in [1.165, 1.54) is 0 Å². The molecular weight excluding hydrogens is 302 g/mol. The minimum atomic E-state index is 0.288. The summed E-state index contributed by atoms with van der Waals surface area (Å²) < 4.78 is 0.926. The van der Waals surface area contributed by atoms with Gasteiger partial charge in [-0.1, -0.05) is 30.9 Å². The van der Waals surface area contributed by atoms with Crippen LogP contribution in [0.2, 0.25) is 0 Å². The number of para-hydroxylation sites is 1. The SMILES string of the molecule is C=C/C(Br)=C1/C=C(c2ccccc2O)C=C(C)N1C. The smallest absolute Gasteiger partial charge is 0.123 e. The third-order valence-corrected chi connectivity index (χ3v) is 3.92. The Hall–Kier alpha value is -1.74. The molecule has 1 aromatic rings. The first-order valence-electron chi connectivity index (χ1n) is 5.99. The number of phenolic OH excluding ortho intramolecular Hbond substituents is 1. The van der Waals surface area contributed by atoms with Gasteiger partial charge < -0.3 is 10.0 Å². The summed E-state index contributed by atoms with van der Waals surface area (Å²) in [5.74, 6) is 0.288. The fraction of sp³-hybridized carbons (Fsp3) is 0.125. The summed E-state index contributed by atoms with van der Waals surface area (Å²) >= 11 is 3.51. The van der Waals surface area contributed by atoms with Gasteiger partial charge in [0.2, 0.25) is 0 Å².